The number of hydrogen-bond acceptors (Lipinski definition) is 6. The zero-order valence-corrected chi connectivity index (χ0v) is 15.1. The van der Waals surface area contributed by atoms with E-state index in [1.165, 1.54) is 6.39 Å². The van der Waals surface area contributed by atoms with Gasteiger partial charge in [-0.2, -0.15) is 5.26 Å². The summed E-state index contributed by atoms with van der Waals surface area (Å²) in [5.74, 6) is 1.41. The van der Waals surface area contributed by atoms with E-state index in [1.807, 2.05) is 13.0 Å². The molecule has 0 aliphatic carbocycles. The molecule has 3 aromatic rings. The third-order valence-corrected chi connectivity index (χ3v) is 4.35. The van der Waals surface area contributed by atoms with E-state index in [0.29, 0.717) is 35.6 Å². The number of ether oxygens (including phenoxy) is 1. The normalized spacial score (nSPS) is 11.6. The Bertz CT molecular complexity index is 1030. The summed E-state index contributed by atoms with van der Waals surface area (Å²) in [4.78, 5) is 11.4. The molecule has 0 bridgehead atoms. The third-order valence-electron chi connectivity index (χ3n) is 4.35. The van der Waals surface area contributed by atoms with Gasteiger partial charge in [0.05, 0.1) is 36.0 Å². The second-order valence-corrected chi connectivity index (χ2v) is 6.27. The van der Waals surface area contributed by atoms with Gasteiger partial charge in [0, 0.05) is 28.6 Å². The quantitative estimate of drug-likeness (QED) is 0.344. The summed E-state index contributed by atoms with van der Waals surface area (Å²) in [5.41, 5.74) is 11.2. The second kappa shape index (κ2) is 8.21. The fourth-order valence-corrected chi connectivity index (χ4v) is 2.90. The van der Waals surface area contributed by atoms with Crippen LogP contribution in [0.3, 0.4) is 0 Å². The highest BCUT2D eigenvalue weighted by Gasteiger charge is 2.15. The molecule has 27 heavy (non-hydrogen) atoms. The fraction of sp³-hybridized carbons (Fsp3) is 0.316. The van der Waals surface area contributed by atoms with Crippen molar-refractivity contribution in [1.29, 1.82) is 5.26 Å². The largest absolute Gasteiger partial charge is 0.496 e. The van der Waals surface area contributed by atoms with Crippen molar-refractivity contribution in [3.05, 3.63) is 52.5 Å². The van der Waals surface area contributed by atoms with Crippen LogP contribution >= 0.6 is 0 Å². The summed E-state index contributed by atoms with van der Waals surface area (Å²) in [6.45, 7) is 2.47. The van der Waals surface area contributed by atoms with E-state index in [0.717, 1.165) is 23.1 Å². The molecular formula is C19H18N6O2. The maximum atomic E-state index is 9.60. The summed E-state index contributed by atoms with van der Waals surface area (Å²) in [6, 6.07) is 7.70. The fourth-order valence-electron chi connectivity index (χ4n) is 2.90. The van der Waals surface area contributed by atoms with Crippen LogP contribution in [-0.2, 0) is 6.42 Å². The number of oxazole rings is 1. The zero-order valence-electron chi connectivity index (χ0n) is 15.1. The first-order chi connectivity index (χ1) is 13.2. The van der Waals surface area contributed by atoms with E-state index < -0.39 is 0 Å². The van der Waals surface area contributed by atoms with E-state index in [-0.39, 0.29) is 5.92 Å². The van der Waals surface area contributed by atoms with Crippen molar-refractivity contribution in [2.24, 2.45) is 11.0 Å². The molecule has 0 saturated heterocycles. The Morgan fingerprint density at radius 2 is 2.26 bits per heavy atom. The average molecular weight is 362 g/mol. The van der Waals surface area contributed by atoms with E-state index in [9.17, 15) is 5.26 Å². The molecule has 8 nitrogen and oxygen atoms in total. The molecule has 8 heteroatoms. The molecule has 136 valence electrons. The lowest BCUT2D eigenvalue weighted by atomic mass is 10.00. The van der Waals surface area contributed by atoms with Gasteiger partial charge in [-0.05, 0) is 36.4 Å². The highest BCUT2D eigenvalue weighted by atomic mass is 16.5. The lowest BCUT2D eigenvalue weighted by Crippen LogP contribution is -2.03. The summed E-state index contributed by atoms with van der Waals surface area (Å²) in [5, 5.41) is 13.9. The van der Waals surface area contributed by atoms with Gasteiger partial charge in [0.15, 0.2) is 12.2 Å². The smallest absolute Gasteiger partial charge is 0.181 e. The summed E-state index contributed by atoms with van der Waals surface area (Å²) in [7, 11) is 1.58. The number of benzene rings is 1. The number of rotatable bonds is 7. The topological polar surface area (TPSA) is 121 Å². The van der Waals surface area contributed by atoms with Gasteiger partial charge >= 0.3 is 0 Å². The molecule has 0 fully saturated rings. The van der Waals surface area contributed by atoms with Crippen LogP contribution in [-0.4, -0.2) is 23.6 Å². The Labute approximate surface area is 156 Å². The Kier molecular flexibility index (Phi) is 5.55. The SMILES string of the molecule is COc1cc2nc(CCC(C)CN=[N+]=[N-])cc(C#N)c2cc1-c1cnco1. The minimum absolute atomic E-state index is 0.243. The molecular weight excluding hydrogens is 344 g/mol. The molecule has 1 atom stereocenters. The predicted octanol–water partition coefficient (Wildman–Crippen LogP) is 4.65. The molecule has 0 N–H and O–H groups in total. The summed E-state index contributed by atoms with van der Waals surface area (Å²) in [6.07, 6.45) is 4.46. The molecule has 0 amide bonds. The van der Waals surface area contributed by atoms with Gasteiger partial charge in [0.25, 0.3) is 0 Å². The molecule has 2 aromatic heterocycles. The van der Waals surface area contributed by atoms with Crippen molar-refractivity contribution in [1.82, 2.24) is 9.97 Å². The summed E-state index contributed by atoms with van der Waals surface area (Å²) >= 11 is 0. The maximum Gasteiger partial charge on any atom is 0.181 e. The van der Waals surface area contributed by atoms with Gasteiger partial charge in [-0.15, -0.1) is 0 Å². The lowest BCUT2D eigenvalue weighted by molar-refractivity contribution is 0.415. The zero-order chi connectivity index (χ0) is 19.2. The van der Waals surface area contributed by atoms with Crippen molar-refractivity contribution < 1.29 is 9.15 Å². The van der Waals surface area contributed by atoms with Crippen LogP contribution < -0.4 is 4.74 Å². The highest BCUT2D eigenvalue weighted by molar-refractivity contribution is 5.91. The number of pyridine rings is 1. The molecule has 0 radical (unpaired) electrons. The lowest BCUT2D eigenvalue weighted by Gasteiger charge is -2.12. The van der Waals surface area contributed by atoms with Crippen molar-refractivity contribution in [2.75, 3.05) is 13.7 Å². The monoisotopic (exact) mass is 362 g/mol. The van der Waals surface area contributed by atoms with E-state index in [2.05, 4.69) is 26.1 Å². The van der Waals surface area contributed by atoms with Gasteiger partial charge < -0.3 is 9.15 Å². The first kappa shape index (κ1) is 18.2. The average Bonchev–Trinajstić information content (AvgIpc) is 3.23. The van der Waals surface area contributed by atoms with Gasteiger partial charge in [0.2, 0.25) is 0 Å². The first-order valence-corrected chi connectivity index (χ1v) is 8.47. The Morgan fingerprint density at radius 1 is 1.41 bits per heavy atom. The van der Waals surface area contributed by atoms with Crippen LogP contribution in [0.5, 0.6) is 5.75 Å². The van der Waals surface area contributed by atoms with Crippen LogP contribution in [0, 0.1) is 17.2 Å². The van der Waals surface area contributed by atoms with Crippen LogP contribution in [0.15, 0.2) is 40.3 Å². The Hall–Kier alpha value is -3.56. The molecule has 0 aliphatic rings. The first-order valence-electron chi connectivity index (χ1n) is 8.47. The van der Waals surface area contributed by atoms with Crippen molar-refractivity contribution in [2.45, 2.75) is 19.8 Å². The Balaban J connectivity index is 1.99. The number of nitriles is 1. The number of methoxy groups -OCH3 is 1. The molecule has 1 aromatic carbocycles. The molecule has 0 spiro atoms. The molecule has 0 saturated carbocycles. The van der Waals surface area contributed by atoms with E-state index in [4.69, 9.17) is 14.7 Å². The number of nitrogens with zero attached hydrogens (tertiary/aromatic N) is 6. The maximum absolute atomic E-state index is 9.60. The van der Waals surface area contributed by atoms with Gasteiger partial charge in [-0.1, -0.05) is 12.0 Å². The van der Waals surface area contributed by atoms with Gasteiger partial charge in [-0.3, -0.25) is 4.98 Å². The molecule has 1 unspecified atom stereocenters. The number of hydrogen-bond donors (Lipinski definition) is 0. The van der Waals surface area contributed by atoms with Crippen molar-refractivity contribution in [3.8, 4) is 23.1 Å². The minimum atomic E-state index is 0.243. The van der Waals surface area contributed by atoms with Crippen molar-refractivity contribution >= 4 is 10.9 Å². The van der Waals surface area contributed by atoms with Crippen molar-refractivity contribution in [3.63, 3.8) is 0 Å². The summed E-state index contributed by atoms with van der Waals surface area (Å²) < 4.78 is 10.9. The number of aromatic nitrogens is 2. The van der Waals surface area contributed by atoms with Crippen LogP contribution in [0.4, 0.5) is 0 Å². The highest BCUT2D eigenvalue weighted by Crippen LogP contribution is 2.34. The number of azide groups is 1. The van der Waals surface area contributed by atoms with Gasteiger partial charge in [-0.25, -0.2) is 4.98 Å². The minimum Gasteiger partial charge on any atom is -0.496 e. The van der Waals surface area contributed by atoms with Crippen LogP contribution in [0.25, 0.3) is 32.7 Å². The molecule has 2 heterocycles. The van der Waals surface area contributed by atoms with E-state index in [1.54, 1.807) is 25.4 Å². The van der Waals surface area contributed by atoms with Crippen LogP contribution in [0.1, 0.15) is 24.6 Å². The predicted molar refractivity (Wildman–Crippen MR) is 100 cm³/mol. The Morgan fingerprint density at radius 3 is 2.93 bits per heavy atom. The van der Waals surface area contributed by atoms with E-state index >= 15 is 0 Å². The second-order valence-electron chi connectivity index (χ2n) is 6.27. The van der Waals surface area contributed by atoms with Gasteiger partial charge in [0.1, 0.15) is 5.75 Å². The molecule has 0 aliphatic heterocycles. The number of aryl methyl sites for hydroxylation is 1. The van der Waals surface area contributed by atoms with Crippen LogP contribution in [0.2, 0.25) is 0 Å². The number of fused-ring (bicyclic) bond motifs is 1. The molecule has 3 rings (SSSR count). The standard InChI is InChI=1S/C19H18N6O2/c1-12(9-23-25-21)3-4-14-5-13(8-20)15-6-16(19-10-22-11-27-19)18(26-2)7-17(15)24-14/h5-7,10-12H,3-4,9H2,1-2H3. The third kappa shape index (κ3) is 4.00.